The maximum absolute atomic E-state index is 13.3. The molecule has 0 atom stereocenters. The Labute approximate surface area is 108 Å². The lowest BCUT2D eigenvalue weighted by molar-refractivity contribution is 0.0775. The van der Waals surface area contributed by atoms with Crippen molar-refractivity contribution in [1.29, 1.82) is 5.26 Å². The smallest absolute Gasteiger partial charge is 0.254 e. The van der Waals surface area contributed by atoms with E-state index in [2.05, 4.69) is 15.9 Å². The quantitative estimate of drug-likeness (QED) is 0.802. The molecule has 0 N–H and O–H groups in total. The molecule has 90 valence electrons. The molecule has 0 saturated carbocycles. The summed E-state index contributed by atoms with van der Waals surface area (Å²) in [5.74, 6) is -0.802. The molecule has 0 bridgehead atoms. The van der Waals surface area contributed by atoms with Crippen LogP contribution in [-0.2, 0) is 0 Å². The number of nitrogens with zero attached hydrogens (tertiary/aromatic N) is 2. The van der Waals surface area contributed by atoms with Crippen LogP contribution in [0.3, 0.4) is 0 Å². The molecular formula is C12H12BrFN2O. The Bertz CT molecular complexity index is 456. The molecule has 0 heterocycles. The van der Waals surface area contributed by atoms with E-state index in [1.165, 1.54) is 23.1 Å². The molecule has 17 heavy (non-hydrogen) atoms. The fourth-order valence-corrected chi connectivity index (χ4v) is 1.67. The number of halogens is 2. The van der Waals surface area contributed by atoms with E-state index < -0.39 is 5.82 Å². The molecule has 0 aliphatic carbocycles. The molecule has 0 fully saturated rings. The number of amides is 1. The minimum absolute atomic E-state index is 0.0182. The van der Waals surface area contributed by atoms with Crippen molar-refractivity contribution < 1.29 is 9.18 Å². The second-order valence-corrected chi connectivity index (χ2v) is 4.37. The number of rotatable bonds is 4. The lowest BCUT2D eigenvalue weighted by Crippen LogP contribution is -2.32. The summed E-state index contributed by atoms with van der Waals surface area (Å²) in [6.45, 7) is 2.42. The second kappa shape index (κ2) is 6.36. The van der Waals surface area contributed by atoms with Crippen LogP contribution in [-0.4, -0.2) is 23.9 Å². The third kappa shape index (κ3) is 3.53. The first-order chi connectivity index (χ1) is 8.10. The molecule has 1 amide bonds. The minimum atomic E-state index is -0.482. The summed E-state index contributed by atoms with van der Waals surface area (Å²) in [7, 11) is 0. The average Bonchev–Trinajstić information content (AvgIpc) is 2.31. The van der Waals surface area contributed by atoms with Gasteiger partial charge in [0, 0.05) is 12.1 Å². The van der Waals surface area contributed by atoms with Crippen LogP contribution < -0.4 is 0 Å². The first-order valence-corrected chi connectivity index (χ1v) is 6.00. The standard InChI is InChI=1S/C12H12BrFN2O/c1-2-6-16(7-5-15)12(17)9-3-4-10(13)11(14)8-9/h3-4,8H,2,6-7H2,1H3. The van der Waals surface area contributed by atoms with E-state index in [0.717, 1.165) is 6.42 Å². The molecule has 1 aromatic rings. The third-order valence-corrected chi connectivity index (χ3v) is 2.85. The van der Waals surface area contributed by atoms with Gasteiger partial charge in [-0.15, -0.1) is 0 Å². The Morgan fingerprint density at radius 2 is 2.29 bits per heavy atom. The fourth-order valence-electron chi connectivity index (χ4n) is 1.42. The Hall–Kier alpha value is -1.41. The average molecular weight is 299 g/mol. The number of benzene rings is 1. The van der Waals surface area contributed by atoms with Gasteiger partial charge in [0.25, 0.3) is 5.91 Å². The number of hydrogen-bond donors (Lipinski definition) is 0. The van der Waals surface area contributed by atoms with Crippen LogP contribution in [0.15, 0.2) is 22.7 Å². The molecule has 0 saturated heterocycles. The summed E-state index contributed by atoms with van der Waals surface area (Å²) in [6.07, 6.45) is 0.756. The van der Waals surface area contributed by atoms with E-state index in [0.29, 0.717) is 11.0 Å². The van der Waals surface area contributed by atoms with E-state index >= 15 is 0 Å². The Balaban J connectivity index is 2.93. The molecule has 0 spiro atoms. The van der Waals surface area contributed by atoms with Gasteiger partial charge in [-0.3, -0.25) is 4.79 Å². The van der Waals surface area contributed by atoms with Crippen molar-refractivity contribution in [2.45, 2.75) is 13.3 Å². The van der Waals surface area contributed by atoms with Crippen LogP contribution in [0, 0.1) is 17.1 Å². The minimum Gasteiger partial charge on any atom is -0.325 e. The number of hydrogen-bond acceptors (Lipinski definition) is 2. The zero-order valence-electron chi connectivity index (χ0n) is 9.41. The van der Waals surface area contributed by atoms with Gasteiger partial charge >= 0.3 is 0 Å². The highest BCUT2D eigenvalue weighted by Crippen LogP contribution is 2.17. The first-order valence-electron chi connectivity index (χ1n) is 5.21. The maximum atomic E-state index is 13.3. The zero-order chi connectivity index (χ0) is 12.8. The van der Waals surface area contributed by atoms with Gasteiger partial charge in [-0.1, -0.05) is 6.92 Å². The van der Waals surface area contributed by atoms with Gasteiger partial charge in [0.2, 0.25) is 0 Å². The van der Waals surface area contributed by atoms with Crippen LogP contribution in [0.25, 0.3) is 0 Å². The third-order valence-electron chi connectivity index (χ3n) is 2.21. The molecule has 0 aliphatic rings. The summed E-state index contributed by atoms with van der Waals surface area (Å²) in [4.78, 5) is 13.4. The molecule has 0 radical (unpaired) electrons. The summed E-state index contributed by atoms with van der Waals surface area (Å²) >= 11 is 3.02. The van der Waals surface area contributed by atoms with Crippen LogP contribution in [0.4, 0.5) is 4.39 Å². The van der Waals surface area contributed by atoms with Crippen molar-refractivity contribution in [1.82, 2.24) is 4.90 Å². The van der Waals surface area contributed by atoms with Gasteiger partial charge in [-0.05, 0) is 40.5 Å². The molecule has 5 heteroatoms. The molecule has 0 unspecified atom stereocenters. The highest BCUT2D eigenvalue weighted by molar-refractivity contribution is 9.10. The number of carbonyl (C=O) groups excluding carboxylic acids is 1. The molecule has 1 aromatic carbocycles. The number of nitriles is 1. The van der Waals surface area contributed by atoms with Crippen molar-refractivity contribution in [3.05, 3.63) is 34.1 Å². The van der Waals surface area contributed by atoms with E-state index in [4.69, 9.17) is 5.26 Å². The van der Waals surface area contributed by atoms with Gasteiger partial charge in [0.05, 0.1) is 10.5 Å². The normalized spacial score (nSPS) is 9.76. The van der Waals surface area contributed by atoms with Crippen LogP contribution >= 0.6 is 15.9 Å². The Morgan fingerprint density at radius 3 is 2.82 bits per heavy atom. The van der Waals surface area contributed by atoms with E-state index in [1.54, 1.807) is 0 Å². The van der Waals surface area contributed by atoms with E-state index in [9.17, 15) is 9.18 Å². The first kappa shape index (κ1) is 13.7. The van der Waals surface area contributed by atoms with Crippen molar-refractivity contribution in [3.63, 3.8) is 0 Å². The van der Waals surface area contributed by atoms with Crippen LogP contribution in [0.5, 0.6) is 0 Å². The Morgan fingerprint density at radius 1 is 1.59 bits per heavy atom. The largest absolute Gasteiger partial charge is 0.325 e. The van der Waals surface area contributed by atoms with Gasteiger partial charge < -0.3 is 4.90 Å². The maximum Gasteiger partial charge on any atom is 0.254 e. The summed E-state index contributed by atoms with van der Waals surface area (Å²) in [6, 6.07) is 6.13. The predicted molar refractivity (Wildman–Crippen MR) is 65.9 cm³/mol. The van der Waals surface area contributed by atoms with Crippen molar-refractivity contribution in [3.8, 4) is 6.07 Å². The summed E-state index contributed by atoms with van der Waals surface area (Å²) < 4.78 is 13.6. The van der Waals surface area contributed by atoms with Gasteiger partial charge in [-0.2, -0.15) is 5.26 Å². The molecular weight excluding hydrogens is 287 g/mol. The van der Waals surface area contributed by atoms with Crippen LogP contribution in [0.1, 0.15) is 23.7 Å². The van der Waals surface area contributed by atoms with Gasteiger partial charge in [0.1, 0.15) is 12.4 Å². The van der Waals surface area contributed by atoms with E-state index in [1.807, 2.05) is 13.0 Å². The van der Waals surface area contributed by atoms with Gasteiger partial charge in [-0.25, -0.2) is 4.39 Å². The lowest BCUT2D eigenvalue weighted by Gasteiger charge is -2.18. The molecule has 0 aliphatic heterocycles. The monoisotopic (exact) mass is 298 g/mol. The summed E-state index contributed by atoms with van der Waals surface area (Å²) in [5, 5.41) is 8.63. The zero-order valence-corrected chi connectivity index (χ0v) is 11.0. The van der Waals surface area contributed by atoms with Crippen molar-refractivity contribution in [2.75, 3.05) is 13.1 Å². The molecule has 1 rings (SSSR count). The summed E-state index contributed by atoms with van der Waals surface area (Å²) in [5.41, 5.74) is 0.259. The van der Waals surface area contributed by atoms with Crippen LogP contribution in [0.2, 0.25) is 0 Å². The van der Waals surface area contributed by atoms with Crippen molar-refractivity contribution >= 4 is 21.8 Å². The second-order valence-electron chi connectivity index (χ2n) is 3.51. The lowest BCUT2D eigenvalue weighted by atomic mass is 10.2. The highest BCUT2D eigenvalue weighted by Gasteiger charge is 2.15. The molecule has 3 nitrogen and oxygen atoms in total. The predicted octanol–water partition coefficient (Wildman–Crippen LogP) is 2.96. The highest BCUT2D eigenvalue weighted by atomic mass is 79.9. The van der Waals surface area contributed by atoms with Gasteiger partial charge in [0.15, 0.2) is 0 Å². The van der Waals surface area contributed by atoms with E-state index in [-0.39, 0.29) is 18.0 Å². The topological polar surface area (TPSA) is 44.1 Å². The molecule has 0 aromatic heterocycles. The van der Waals surface area contributed by atoms with Crippen molar-refractivity contribution in [2.24, 2.45) is 0 Å². The number of carbonyl (C=O) groups is 1. The fraction of sp³-hybridized carbons (Fsp3) is 0.333. The Kier molecular flexibility index (Phi) is 5.11. The SMILES string of the molecule is CCCN(CC#N)C(=O)c1ccc(Br)c(F)c1.